The molecule has 0 N–H and O–H groups in total. The van der Waals surface area contributed by atoms with Gasteiger partial charge in [-0.2, -0.15) is 8.78 Å². The first kappa shape index (κ1) is 18.6. The topological polar surface area (TPSA) is 20.3 Å². The van der Waals surface area contributed by atoms with Crippen LogP contribution in [0.1, 0.15) is 44.7 Å². The first-order valence-electron chi connectivity index (χ1n) is 9.06. The maximum Gasteiger partial charge on any atom is 0.317 e. The number of benzene rings is 2. The Morgan fingerprint density at radius 3 is 2.15 bits per heavy atom. The predicted molar refractivity (Wildman–Crippen MR) is 99.9 cm³/mol. The second-order valence-electron chi connectivity index (χ2n) is 7.07. The summed E-state index contributed by atoms with van der Waals surface area (Å²) < 4.78 is 28.4. The molecule has 1 radical (unpaired) electrons. The monoisotopic (exact) mass is 356 g/mol. The number of para-hydroxylation sites is 1. The van der Waals surface area contributed by atoms with Gasteiger partial charge < -0.3 is 4.90 Å². The van der Waals surface area contributed by atoms with Crippen LogP contribution >= 0.6 is 0 Å². The van der Waals surface area contributed by atoms with Gasteiger partial charge in [-0.3, -0.25) is 4.79 Å². The van der Waals surface area contributed by atoms with E-state index in [1.165, 1.54) is 0 Å². The van der Waals surface area contributed by atoms with Crippen LogP contribution < -0.4 is 4.90 Å². The van der Waals surface area contributed by atoms with E-state index in [-0.39, 0.29) is 18.7 Å². The molecule has 2 aromatic carbocycles. The van der Waals surface area contributed by atoms with Gasteiger partial charge in [0, 0.05) is 5.69 Å². The lowest BCUT2D eigenvalue weighted by atomic mass is 9.58. The van der Waals surface area contributed by atoms with E-state index < -0.39 is 17.3 Å². The Morgan fingerprint density at radius 2 is 1.58 bits per heavy atom. The number of anilines is 1. The summed E-state index contributed by atoms with van der Waals surface area (Å²) >= 11 is 0. The van der Waals surface area contributed by atoms with Gasteiger partial charge in [0.25, 0.3) is 0 Å². The molecule has 0 aromatic heterocycles. The van der Waals surface area contributed by atoms with Crippen molar-refractivity contribution in [3.63, 3.8) is 0 Å². The van der Waals surface area contributed by atoms with Crippen molar-refractivity contribution in [3.05, 3.63) is 72.1 Å². The molecule has 1 aliphatic rings. The second kappa shape index (κ2) is 6.82. The Kier molecular flexibility index (Phi) is 4.87. The van der Waals surface area contributed by atoms with Crippen LogP contribution in [0.4, 0.5) is 14.5 Å². The van der Waals surface area contributed by atoms with E-state index in [4.69, 9.17) is 0 Å². The number of halogens is 2. The van der Waals surface area contributed by atoms with Crippen LogP contribution in [-0.4, -0.2) is 5.91 Å². The molecule has 137 valence electrons. The summed E-state index contributed by atoms with van der Waals surface area (Å²) in [5, 5.41) is 0. The number of hydrogen-bond acceptors (Lipinski definition) is 1. The van der Waals surface area contributed by atoms with Gasteiger partial charge in [-0.15, -0.1) is 0 Å². The zero-order valence-electron chi connectivity index (χ0n) is 15.4. The Hall–Kier alpha value is -2.23. The minimum atomic E-state index is -1.66. The molecule has 0 saturated heterocycles. The second-order valence-corrected chi connectivity index (χ2v) is 7.07. The lowest BCUT2D eigenvalue weighted by Gasteiger charge is -2.43. The van der Waals surface area contributed by atoms with E-state index in [1.54, 1.807) is 25.7 Å². The SMILES string of the molecule is CCC(CC)([C](F)F)C1(C)C(=O)N(Cc2ccccc2)c2ccccc21. The molecule has 2 nitrogen and oxygen atoms in total. The van der Waals surface area contributed by atoms with Crippen LogP contribution in [0.25, 0.3) is 0 Å². The highest BCUT2D eigenvalue weighted by Gasteiger charge is 2.63. The van der Waals surface area contributed by atoms with Crippen molar-refractivity contribution in [1.82, 2.24) is 0 Å². The molecular weight excluding hydrogens is 332 g/mol. The quantitative estimate of drug-likeness (QED) is 0.648. The highest BCUT2D eigenvalue weighted by molar-refractivity contribution is 6.08. The lowest BCUT2D eigenvalue weighted by molar-refractivity contribution is -0.130. The van der Waals surface area contributed by atoms with E-state index in [0.29, 0.717) is 12.1 Å². The molecule has 0 saturated carbocycles. The molecule has 1 heterocycles. The van der Waals surface area contributed by atoms with E-state index in [2.05, 4.69) is 0 Å². The molecule has 2 aromatic rings. The Bertz CT molecular complexity index is 786. The summed E-state index contributed by atoms with van der Waals surface area (Å²) in [4.78, 5) is 15.2. The Labute approximate surface area is 153 Å². The van der Waals surface area contributed by atoms with E-state index in [0.717, 1.165) is 11.3 Å². The van der Waals surface area contributed by atoms with E-state index >= 15 is 0 Å². The molecular formula is C22H24F2NO. The number of nitrogens with zero attached hydrogens (tertiary/aromatic N) is 1. The summed E-state index contributed by atoms with van der Waals surface area (Å²) in [7, 11) is 0. The van der Waals surface area contributed by atoms with Crippen molar-refractivity contribution >= 4 is 11.6 Å². The van der Waals surface area contributed by atoms with Crippen molar-refractivity contribution in [1.29, 1.82) is 0 Å². The smallest absolute Gasteiger partial charge is 0.307 e. The molecule has 0 bridgehead atoms. The number of hydrogen-bond donors (Lipinski definition) is 0. The van der Waals surface area contributed by atoms with Gasteiger partial charge >= 0.3 is 6.43 Å². The third kappa shape index (κ3) is 2.46. The fourth-order valence-electron chi connectivity index (χ4n) is 4.43. The summed E-state index contributed by atoms with van der Waals surface area (Å²) in [6.07, 6.45) is -1.24. The fourth-order valence-corrected chi connectivity index (χ4v) is 4.43. The third-order valence-corrected chi connectivity index (χ3v) is 6.12. The number of carbonyl (C=O) groups excluding carboxylic acids is 1. The standard InChI is InChI=1S/C22H24F2NO/c1-4-22(5-2,19(23)24)21(3)17-13-9-10-14-18(17)25(20(21)26)15-16-11-7-6-8-12-16/h6-14H,4-5,15H2,1-3H3. The van der Waals surface area contributed by atoms with Crippen LogP contribution in [0.2, 0.25) is 0 Å². The zero-order chi connectivity index (χ0) is 18.9. The van der Waals surface area contributed by atoms with Crippen molar-refractivity contribution in [2.75, 3.05) is 4.90 Å². The van der Waals surface area contributed by atoms with Crippen LogP contribution in [0.5, 0.6) is 0 Å². The molecule has 26 heavy (non-hydrogen) atoms. The van der Waals surface area contributed by atoms with Crippen LogP contribution in [0.15, 0.2) is 54.6 Å². The van der Waals surface area contributed by atoms with E-state index in [9.17, 15) is 13.6 Å². The lowest BCUT2D eigenvalue weighted by Crippen LogP contribution is -2.51. The number of carbonyl (C=O) groups is 1. The molecule has 3 rings (SSSR count). The molecule has 0 aliphatic carbocycles. The maximum atomic E-state index is 14.2. The molecule has 4 heteroatoms. The highest BCUT2D eigenvalue weighted by Crippen LogP contribution is 2.59. The van der Waals surface area contributed by atoms with Gasteiger partial charge in [0.15, 0.2) is 0 Å². The van der Waals surface area contributed by atoms with Gasteiger partial charge in [0.2, 0.25) is 5.91 Å². The van der Waals surface area contributed by atoms with Crippen molar-refractivity contribution in [2.45, 2.75) is 45.6 Å². The van der Waals surface area contributed by atoms with Crippen molar-refractivity contribution in [3.8, 4) is 0 Å². The van der Waals surface area contributed by atoms with Crippen LogP contribution in [0, 0.1) is 11.8 Å². The van der Waals surface area contributed by atoms with Crippen molar-refractivity contribution in [2.24, 2.45) is 5.41 Å². The number of rotatable bonds is 6. The minimum absolute atomic E-state index is 0.210. The molecule has 0 spiro atoms. The summed E-state index contributed by atoms with van der Waals surface area (Å²) in [6.45, 7) is 5.54. The first-order valence-corrected chi connectivity index (χ1v) is 9.06. The summed E-state index contributed by atoms with van der Waals surface area (Å²) in [6, 6.07) is 17.0. The largest absolute Gasteiger partial charge is 0.317 e. The Morgan fingerprint density at radius 1 is 1.00 bits per heavy atom. The van der Waals surface area contributed by atoms with Gasteiger partial charge in [-0.05, 0) is 37.0 Å². The van der Waals surface area contributed by atoms with Crippen molar-refractivity contribution < 1.29 is 13.6 Å². The summed E-state index contributed by atoms with van der Waals surface area (Å²) in [5.41, 5.74) is -0.344. The molecule has 1 amide bonds. The normalized spacial score (nSPS) is 19.9. The molecule has 0 fully saturated rings. The first-order chi connectivity index (χ1) is 12.4. The number of fused-ring (bicyclic) bond motifs is 1. The molecule has 1 atom stereocenters. The van der Waals surface area contributed by atoms with E-state index in [1.807, 2.05) is 54.6 Å². The average Bonchev–Trinajstić information content (AvgIpc) is 2.87. The predicted octanol–water partition coefficient (Wildman–Crippen LogP) is 5.73. The van der Waals surface area contributed by atoms with Gasteiger partial charge in [0.05, 0.1) is 17.4 Å². The van der Waals surface area contributed by atoms with Gasteiger partial charge in [-0.1, -0.05) is 62.4 Å². The average molecular weight is 356 g/mol. The highest BCUT2D eigenvalue weighted by atomic mass is 19.3. The van der Waals surface area contributed by atoms with Crippen LogP contribution in [0.3, 0.4) is 0 Å². The fraction of sp³-hybridized carbons (Fsp3) is 0.364. The molecule has 1 unspecified atom stereocenters. The third-order valence-electron chi connectivity index (χ3n) is 6.12. The zero-order valence-corrected chi connectivity index (χ0v) is 15.4. The maximum absolute atomic E-state index is 14.2. The minimum Gasteiger partial charge on any atom is -0.307 e. The van der Waals surface area contributed by atoms with Gasteiger partial charge in [-0.25, -0.2) is 0 Å². The molecule has 1 aliphatic heterocycles. The van der Waals surface area contributed by atoms with Crippen LogP contribution in [-0.2, 0) is 16.8 Å². The number of amides is 1. The summed E-state index contributed by atoms with van der Waals surface area (Å²) in [5.74, 6) is -0.251. The Balaban J connectivity index is 2.15. The van der Waals surface area contributed by atoms with Gasteiger partial charge in [0.1, 0.15) is 0 Å².